The number of nitrogens with zero attached hydrogens (tertiary/aromatic N) is 6. The molecule has 1 saturated heterocycles. The molecule has 1 unspecified atom stereocenters. The van der Waals surface area contributed by atoms with Crippen LogP contribution in [0.2, 0.25) is 5.02 Å². The Kier molecular flexibility index (Phi) is 5.34. The Morgan fingerprint density at radius 2 is 1.97 bits per heavy atom. The molecule has 0 aliphatic carbocycles. The molecule has 9 nitrogen and oxygen atoms in total. The predicted octanol–water partition coefficient (Wildman–Crippen LogP) is 3.44. The molecule has 3 aromatic heterocycles. The Morgan fingerprint density at radius 1 is 1.15 bits per heavy atom. The van der Waals surface area contributed by atoms with Crippen LogP contribution in [0.3, 0.4) is 0 Å². The van der Waals surface area contributed by atoms with Crippen LogP contribution in [0.4, 0.5) is 10.2 Å². The van der Waals surface area contributed by atoms with Crippen molar-refractivity contribution in [2.45, 2.75) is 26.9 Å². The SMILES string of the molecule is Cc1nnc(C2CN(c3cc(-c4ccc(Cl)cc4F)c4nc(C)c(C)c(=O)n4n3)CCO2)o1. The molecule has 5 rings (SSSR count). The van der Waals surface area contributed by atoms with Gasteiger partial charge >= 0.3 is 0 Å². The highest BCUT2D eigenvalue weighted by Crippen LogP contribution is 2.32. The molecule has 0 saturated carbocycles. The van der Waals surface area contributed by atoms with E-state index in [1.54, 1.807) is 39.0 Å². The van der Waals surface area contributed by atoms with E-state index in [9.17, 15) is 9.18 Å². The maximum Gasteiger partial charge on any atom is 0.277 e. The van der Waals surface area contributed by atoms with Gasteiger partial charge in [-0.05, 0) is 38.1 Å². The van der Waals surface area contributed by atoms with Crippen molar-refractivity contribution in [3.63, 3.8) is 0 Å². The first-order valence-electron chi connectivity index (χ1n) is 10.3. The Bertz CT molecular complexity index is 1440. The largest absolute Gasteiger partial charge is 0.423 e. The van der Waals surface area contributed by atoms with Crippen molar-refractivity contribution in [1.29, 1.82) is 0 Å². The van der Waals surface area contributed by atoms with Crippen LogP contribution in [0.1, 0.15) is 29.1 Å². The standard InChI is InChI=1S/C22H20ClFN6O3/c1-11-12(2)25-20-16(15-5-4-14(23)8-17(15)24)9-19(28-30(20)22(11)31)29-6-7-32-18(10-29)21-27-26-13(3)33-21/h4-5,8-9,18H,6-7,10H2,1-3H3. The van der Waals surface area contributed by atoms with Gasteiger partial charge in [-0.3, -0.25) is 4.79 Å². The van der Waals surface area contributed by atoms with E-state index >= 15 is 0 Å². The molecular formula is C22H20ClFN6O3. The van der Waals surface area contributed by atoms with Gasteiger partial charge in [0, 0.05) is 40.9 Å². The summed E-state index contributed by atoms with van der Waals surface area (Å²) in [6.45, 7) is 6.41. The maximum absolute atomic E-state index is 14.9. The number of aromatic nitrogens is 5. The quantitative estimate of drug-likeness (QED) is 0.449. The van der Waals surface area contributed by atoms with Crippen molar-refractivity contribution in [3.8, 4) is 11.1 Å². The van der Waals surface area contributed by atoms with Crippen LogP contribution in [0.25, 0.3) is 16.8 Å². The number of ether oxygens (including phenoxy) is 1. The minimum atomic E-state index is -0.518. The van der Waals surface area contributed by atoms with Gasteiger partial charge in [0.2, 0.25) is 11.8 Å². The Morgan fingerprint density at radius 3 is 2.70 bits per heavy atom. The second kappa shape index (κ2) is 8.20. The summed E-state index contributed by atoms with van der Waals surface area (Å²) in [5.41, 5.74) is 1.70. The third-order valence-electron chi connectivity index (χ3n) is 5.68. The van der Waals surface area contributed by atoms with Crippen molar-refractivity contribution >= 4 is 23.1 Å². The van der Waals surface area contributed by atoms with Crippen LogP contribution in [-0.4, -0.2) is 44.5 Å². The Hall–Kier alpha value is -3.37. The molecule has 33 heavy (non-hydrogen) atoms. The number of hydrogen-bond acceptors (Lipinski definition) is 8. The lowest BCUT2D eigenvalue weighted by Crippen LogP contribution is -2.39. The van der Waals surface area contributed by atoms with Crippen LogP contribution >= 0.6 is 11.6 Å². The van der Waals surface area contributed by atoms with Gasteiger partial charge < -0.3 is 14.1 Å². The third-order valence-corrected chi connectivity index (χ3v) is 5.91. The van der Waals surface area contributed by atoms with Crippen LogP contribution in [0.15, 0.2) is 33.5 Å². The molecule has 1 aliphatic heterocycles. The van der Waals surface area contributed by atoms with Crippen LogP contribution in [0.5, 0.6) is 0 Å². The Balaban J connectivity index is 1.67. The van der Waals surface area contributed by atoms with E-state index < -0.39 is 11.9 Å². The summed E-state index contributed by atoms with van der Waals surface area (Å²) in [5, 5.41) is 12.8. The van der Waals surface area contributed by atoms with E-state index in [4.69, 9.17) is 20.8 Å². The first-order valence-corrected chi connectivity index (χ1v) is 10.7. The molecule has 4 aromatic rings. The molecule has 0 radical (unpaired) electrons. The monoisotopic (exact) mass is 470 g/mol. The molecule has 0 spiro atoms. The molecule has 0 amide bonds. The fraction of sp³-hybridized carbons (Fsp3) is 0.318. The smallest absolute Gasteiger partial charge is 0.277 e. The van der Waals surface area contributed by atoms with Gasteiger partial charge in [-0.1, -0.05) is 11.6 Å². The van der Waals surface area contributed by atoms with Crippen LogP contribution in [-0.2, 0) is 4.74 Å². The highest BCUT2D eigenvalue weighted by molar-refractivity contribution is 6.30. The number of fused-ring (bicyclic) bond motifs is 1. The number of morpholine rings is 1. The van der Waals surface area contributed by atoms with E-state index in [-0.39, 0.29) is 21.8 Å². The average molecular weight is 471 g/mol. The highest BCUT2D eigenvalue weighted by atomic mass is 35.5. The average Bonchev–Trinajstić information content (AvgIpc) is 3.24. The molecule has 1 aromatic carbocycles. The number of halogens is 2. The number of rotatable bonds is 3. The summed E-state index contributed by atoms with van der Waals surface area (Å²) < 4.78 is 27.5. The summed E-state index contributed by atoms with van der Waals surface area (Å²) in [5.74, 6) is 0.768. The zero-order valence-electron chi connectivity index (χ0n) is 18.2. The van der Waals surface area contributed by atoms with Crippen molar-refractivity contribution in [1.82, 2.24) is 24.8 Å². The van der Waals surface area contributed by atoms with Crippen LogP contribution in [0, 0.1) is 26.6 Å². The zero-order valence-corrected chi connectivity index (χ0v) is 18.9. The third kappa shape index (κ3) is 3.85. The van der Waals surface area contributed by atoms with Gasteiger partial charge in [0.1, 0.15) is 5.82 Å². The van der Waals surface area contributed by atoms with Gasteiger partial charge in [-0.15, -0.1) is 15.3 Å². The molecule has 1 fully saturated rings. The number of benzene rings is 1. The first-order chi connectivity index (χ1) is 15.8. The minimum absolute atomic E-state index is 0.269. The van der Waals surface area contributed by atoms with E-state index in [0.29, 0.717) is 54.1 Å². The van der Waals surface area contributed by atoms with E-state index in [1.165, 1.54) is 10.6 Å². The van der Waals surface area contributed by atoms with Crippen LogP contribution < -0.4 is 10.5 Å². The second-order valence-corrected chi connectivity index (χ2v) is 8.30. The van der Waals surface area contributed by atoms with Crippen molar-refractivity contribution < 1.29 is 13.5 Å². The topological polar surface area (TPSA) is 98.7 Å². The molecule has 0 bridgehead atoms. The molecule has 11 heteroatoms. The van der Waals surface area contributed by atoms with Crippen molar-refractivity contribution in [2.24, 2.45) is 0 Å². The molecule has 0 N–H and O–H groups in total. The lowest BCUT2D eigenvalue weighted by atomic mass is 10.1. The van der Waals surface area contributed by atoms with E-state index in [1.807, 2.05) is 4.90 Å². The molecule has 170 valence electrons. The van der Waals surface area contributed by atoms with Crippen molar-refractivity contribution in [3.05, 3.63) is 68.5 Å². The summed E-state index contributed by atoms with van der Waals surface area (Å²) in [7, 11) is 0. The maximum atomic E-state index is 14.9. The lowest BCUT2D eigenvalue weighted by molar-refractivity contribution is 0.0214. The summed E-state index contributed by atoms with van der Waals surface area (Å²) in [6.07, 6.45) is -0.456. The lowest BCUT2D eigenvalue weighted by Gasteiger charge is -2.32. The highest BCUT2D eigenvalue weighted by Gasteiger charge is 2.28. The first kappa shape index (κ1) is 21.5. The fourth-order valence-corrected chi connectivity index (χ4v) is 3.96. The number of aryl methyl sites for hydroxylation is 2. The number of hydrogen-bond donors (Lipinski definition) is 0. The molecular weight excluding hydrogens is 451 g/mol. The summed E-state index contributed by atoms with van der Waals surface area (Å²) in [6, 6.07) is 6.12. The van der Waals surface area contributed by atoms with E-state index in [0.717, 1.165) is 0 Å². The normalized spacial score (nSPS) is 16.5. The molecule has 4 heterocycles. The van der Waals surface area contributed by atoms with Gasteiger partial charge in [0.15, 0.2) is 17.6 Å². The van der Waals surface area contributed by atoms with Gasteiger partial charge in [0.05, 0.1) is 13.2 Å². The molecule has 1 aliphatic rings. The van der Waals surface area contributed by atoms with Gasteiger partial charge in [-0.25, -0.2) is 9.37 Å². The fourth-order valence-electron chi connectivity index (χ4n) is 3.80. The Labute approximate surface area is 192 Å². The van der Waals surface area contributed by atoms with Gasteiger partial charge in [0.25, 0.3) is 5.56 Å². The minimum Gasteiger partial charge on any atom is -0.423 e. The predicted molar refractivity (Wildman–Crippen MR) is 119 cm³/mol. The van der Waals surface area contributed by atoms with Gasteiger partial charge in [-0.2, -0.15) is 4.52 Å². The molecule has 1 atom stereocenters. The summed E-state index contributed by atoms with van der Waals surface area (Å²) >= 11 is 5.96. The summed E-state index contributed by atoms with van der Waals surface area (Å²) in [4.78, 5) is 19.6. The number of anilines is 1. The zero-order chi connectivity index (χ0) is 23.3. The second-order valence-electron chi connectivity index (χ2n) is 7.87. The van der Waals surface area contributed by atoms with E-state index in [2.05, 4.69) is 20.3 Å². The van der Waals surface area contributed by atoms with Crippen molar-refractivity contribution in [2.75, 3.05) is 24.6 Å².